The number of nitrogens with zero attached hydrogens (tertiary/aromatic N) is 2. The number of hydrogen-bond acceptors (Lipinski definition) is 3. The highest BCUT2D eigenvalue weighted by Gasteiger charge is 2.12. The van der Waals surface area contributed by atoms with Crippen LogP contribution in [0, 0.1) is 5.82 Å². The van der Waals surface area contributed by atoms with Gasteiger partial charge in [0.2, 0.25) is 0 Å². The van der Waals surface area contributed by atoms with Crippen molar-refractivity contribution in [2.75, 3.05) is 0 Å². The van der Waals surface area contributed by atoms with Crippen molar-refractivity contribution in [2.24, 2.45) is 5.10 Å². The molecule has 0 radical (unpaired) electrons. The lowest BCUT2D eigenvalue weighted by Gasteiger charge is -1.98. The molecule has 2 aromatic carbocycles. The van der Waals surface area contributed by atoms with Crippen LogP contribution in [0.25, 0.3) is 21.9 Å². The predicted octanol–water partition coefficient (Wildman–Crippen LogP) is 2.95. The summed E-state index contributed by atoms with van der Waals surface area (Å²) in [6.07, 6.45) is 1.32. The molecule has 0 fully saturated rings. The van der Waals surface area contributed by atoms with E-state index in [0.717, 1.165) is 20.1 Å². The first-order valence-electron chi connectivity index (χ1n) is 7.29. The van der Waals surface area contributed by atoms with E-state index in [2.05, 4.69) is 31.0 Å². The largest absolute Gasteiger partial charge is 0.350 e. The molecule has 0 amide bonds. The zero-order valence-corrected chi connectivity index (χ0v) is 14.2. The summed E-state index contributed by atoms with van der Waals surface area (Å²) < 4.78 is 14.5. The summed E-state index contributed by atoms with van der Waals surface area (Å²) in [5.74, 6) is -0.377. The van der Waals surface area contributed by atoms with Crippen LogP contribution in [0.1, 0.15) is 5.56 Å². The lowest BCUT2D eigenvalue weighted by Crippen LogP contribution is -2.32. The second-order valence-electron chi connectivity index (χ2n) is 5.41. The van der Waals surface area contributed by atoms with Crippen LogP contribution in [0.4, 0.5) is 4.39 Å². The van der Waals surface area contributed by atoms with Gasteiger partial charge in [0.05, 0.1) is 11.7 Å². The normalized spacial score (nSPS) is 11.8. The number of hydrogen-bond donors (Lipinski definition) is 2. The zero-order chi connectivity index (χ0) is 17.6. The highest BCUT2D eigenvalue weighted by atomic mass is 79.9. The Morgan fingerprint density at radius 2 is 1.80 bits per heavy atom. The molecule has 0 spiro atoms. The van der Waals surface area contributed by atoms with E-state index in [9.17, 15) is 14.0 Å². The fourth-order valence-electron chi connectivity index (χ4n) is 2.59. The van der Waals surface area contributed by atoms with Gasteiger partial charge in [0, 0.05) is 15.4 Å². The van der Waals surface area contributed by atoms with Crippen molar-refractivity contribution in [3.05, 3.63) is 79.2 Å². The summed E-state index contributed by atoms with van der Waals surface area (Å²) in [7, 11) is 0. The average molecular weight is 401 g/mol. The van der Waals surface area contributed by atoms with Crippen LogP contribution >= 0.6 is 15.9 Å². The van der Waals surface area contributed by atoms with Crippen LogP contribution in [-0.2, 0) is 0 Å². The molecule has 0 atom stereocenters. The van der Waals surface area contributed by atoms with E-state index in [1.165, 1.54) is 30.5 Å². The predicted molar refractivity (Wildman–Crippen MR) is 97.8 cm³/mol. The minimum absolute atomic E-state index is 0.254. The van der Waals surface area contributed by atoms with Gasteiger partial charge in [0.1, 0.15) is 11.3 Å². The minimum Gasteiger partial charge on any atom is -0.349 e. The first kappa shape index (κ1) is 15.5. The van der Waals surface area contributed by atoms with Gasteiger partial charge in [-0.3, -0.25) is 4.79 Å². The lowest BCUT2D eigenvalue weighted by atomic mass is 10.2. The molecule has 2 aromatic heterocycles. The highest BCUT2D eigenvalue weighted by molar-refractivity contribution is 9.10. The first-order chi connectivity index (χ1) is 12.0. The van der Waals surface area contributed by atoms with Crippen molar-refractivity contribution in [3.8, 4) is 0 Å². The van der Waals surface area contributed by atoms with Crippen molar-refractivity contribution in [1.82, 2.24) is 14.6 Å². The molecule has 0 aliphatic heterocycles. The lowest BCUT2D eigenvalue weighted by molar-refractivity contribution is 0.628. The highest BCUT2D eigenvalue weighted by Crippen LogP contribution is 2.24. The Balaban J connectivity index is 1.90. The third-order valence-electron chi connectivity index (χ3n) is 3.78. The number of aromatic amines is 2. The number of halogens is 2. The summed E-state index contributed by atoms with van der Waals surface area (Å²) in [5.41, 5.74) is 0.754. The molecule has 0 unspecified atom stereocenters. The first-order valence-corrected chi connectivity index (χ1v) is 8.08. The second-order valence-corrected chi connectivity index (χ2v) is 6.32. The van der Waals surface area contributed by atoms with Crippen LogP contribution in [-0.4, -0.2) is 20.9 Å². The van der Waals surface area contributed by atoms with E-state index in [1.807, 2.05) is 18.2 Å². The molecule has 0 aliphatic rings. The second kappa shape index (κ2) is 5.82. The third-order valence-corrected chi connectivity index (χ3v) is 4.28. The Labute approximate surface area is 147 Å². The maximum atomic E-state index is 12.9. The van der Waals surface area contributed by atoms with E-state index in [0.29, 0.717) is 11.1 Å². The van der Waals surface area contributed by atoms with Crippen LogP contribution in [0.5, 0.6) is 0 Å². The van der Waals surface area contributed by atoms with E-state index in [-0.39, 0.29) is 11.3 Å². The fourth-order valence-corrected chi connectivity index (χ4v) is 2.95. The van der Waals surface area contributed by atoms with Crippen LogP contribution in [0.2, 0.25) is 0 Å². The van der Waals surface area contributed by atoms with Crippen LogP contribution in [0.15, 0.2) is 61.6 Å². The number of nitrogens with one attached hydrogen (secondary N) is 2. The van der Waals surface area contributed by atoms with Gasteiger partial charge in [-0.2, -0.15) is 5.10 Å². The number of H-pyrrole nitrogens is 2. The molecule has 0 aliphatic carbocycles. The fraction of sp³-hybridized carbons (Fsp3) is 0. The summed E-state index contributed by atoms with van der Waals surface area (Å²) >= 11 is 3.37. The molecule has 8 heteroatoms. The van der Waals surface area contributed by atoms with Gasteiger partial charge >= 0.3 is 11.2 Å². The minimum atomic E-state index is -0.656. The van der Waals surface area contributed by atoms with Crippen LogP contribution < -0.4 is 11.2 Å². The van der Waals surface area contributed by atoms with Crippen molar-refractivity contribution >= 4 is 44.1 Å². The molecule has 2 N–H and O–H groups in total. The SMILES string of the molecule is O=c1[nH]c2c([nH]c3ccc(Br)cc32)c(=O)n1/N=C\c1ccc(F)cc1. The molecular weight excluding hydrogens is 391 g/mol. The van der Waals surface area contributed by atoms with Gasteiger partial charge in [-0.15, -0.1) is 4.68 Å². The number of rotatable bonds is 2. The van der Waals surface area contributed by atoms with Crippen molar-refractivity contribution < 1.29 is 4.39 Å². The van der Waals surface area contributed by atoms with Gasteiger partial charge in [0.25, 0.3) is 0 Å². The topological polar surface area (TPSA) is 83.0 Å². The summed E-state index contributed by atoms with van der Waals surface area (Å²) in [6, 6.07) is 11.0. The van der Waals surface area contributed by atoms with Gasteiger partial charge < -0.3 is 9.97 Å². The number of fused-ring (bicyclic) bond motifs is 3. The molecular formula is C17H10BrFN4O2. The molecule has 4 rings (SSSR count). The monoisotopic (exact) mass is 400 g/mol. The molecule has 0 saturated heterocycles. The van der Waals surface area contributed by atoms with Crippen molar-refractivity contribution in [1.29, 1.82) is 0 Å². The molecule has 0 bridgehead atoms. The maximum Gasteiger partial charge on any atom is 0.350 e. The summed E-state index contributed by atoms with van der Waals surface area (Å²) in [5, 5.41) is 4.66. The Morgan fingerprint density at radius 1 is 1.04 bits per heavy atom. The van der Waals surface area contributed by atoms with Gasteiger partial charge in [-0.05, 0) is 35.9 Å². The molecule has 4 aromatic rings. The number of benzene rings is 2. The average Bonchev–Trinajstić information content (AvgIpc) is 2.94. The summed E-state index contributed by atoms with van der Waals surface area (Å²) in [4.78, 5) is 30.5. The van der Waals surface area contributed by atoms with E-state index in [4.69, 9.17) is 0 Å². The van der Waals surface area contributed by atoms with Crippen LogP contribution in [0.3, 0.4) is 0 Å². The van der Waals surface area contributed by atoms with E-state index in [1.54, 1.807) is 0 Å². The molecule has 0 saturated carbocycles. The molecule has 6 nitrogen and oxygen atoms in total. The van der Waals surface area contributed by atoms with E-state index >= 15 is 0 Å². The van der Waals surface area contributed by atoms with Crippen molar-refractivity contribution in [3.63, 3.8) is 0 Å². The Hall–Kier alpha value is -3.00. The standard InChI is InChI=1S/C17H10BrFN4O2/c18-10-3-6-13-12(7-10)14-15(21-13)16(24)23(17(25)22-14)20-8-9-1-4-11(19)5-2-9/h1-8,21H,(H,22,25)/b20-8-. The Morgan fingerprint density at radius 3 is 2.56 bits per heavy atom. The van der Waals surface area contributed by atoms with E-state index < -0.39 is 11.2 Å². The molecule has 124 valence electrons. The third kappa shape index (κ3) is 2.70. The number of aromatic nitrogens is 3. The van der Waals surface area contributed by atoms with Gasteiger partial charge in [0.15, 0.2) is 0 Å². The van der Waals surface area contributed by atoms with Gasteiger partial charge in [-0.1, -0.05) is 28.1 Å². The van der Waals surface area contributed by atoms with Crippen molar-refractivity contribution in [2.45, 2.75) is 0 Å². The Kier molecular flexibility index (Phi) is 3.61. The smallest absolute Gasteiger partial charge is 0.349 e. The van der Waals surface area contributed by atoms with Gasteiger partial charge in [-0.25, -0.2) is 9.18 Å². The molecule has 25 heavy (non-hydrogen) atoms. The summed E-state index contributed by atoms with van der Waals surface area (Å²) in [6.45, 7) is 0. The molecule has 2 heterocycles. The zero-order valence-electron chi connectivity index (χ0n) is 12.6. The quantitative estimate of drug-likeness (QED) is 0.507. The maximum absolute atomic E-state index is 12.9. The Bertz CT molecular complexity index is 1250.